The van der Waals surface area contributed by atoms with Crippen LogP contribution in [-0.4, -0.2) is 21.8 Å². The minimum absolute atomic E-state index is 0.0191. The van der Waals surface area contributed by atoms with Crippen molar-refractivity contribution in [3.05, 3.63) is 77.6 Å². The Balaban J connectivity index is 1.45. The summed E-state index contributed by atoms with van der Waals surface area (Å²) in [6.07, 6.45) is -1.06. The van der Waals surface area contributed by atoms with Gasteiger partial charge in [-0.3, -0.25) is 4.79 Å². The predicted octanol–water partition coefficient (Wildman–Crippen LogP) is 6.18. The largest absolute Gasteiger partial charge is 0.441 e. The third-order valence-corrected chi connectivity index (χ3v) is 5.59. The molecule has 1 saturated carbocycles. The van der Waals surface area contributed by atoms with E-state index >= 15 is 0 Å². The summed E-state index contributed by atoms with van der Waals surface area (Å²) in [5.74, 6) is -0.0230. The number of carbonyl (C=O) groups excluding carboxylic acids is 1. The SMILES string of the molecule is CC(c1cccc(C(F)(F)F)c1)N(C(=O)CCc1ncc(-c2ccccc2F)o1)C1CC1. The van der Waals surface area contributed by atoms with Crippen LogP contribution in [-0.2, 0) is 17.4 Å². The molecule has 8 heteroatoms. The third kappa shape index (κ3) is 4.84. The summed E-state index contributed by atoms with van der Waals surface area (Å²) < 4.78 is 58.8. The number of oxazole rings is 1. The minimum atomic E-state index is -4.44. The molecular weight excluding hydrogens is 424 g/mol. The molecule has 1 atom stereocenters. The smallest absolute Gasteiger partial charge is 0.416 e. The molecule has 1 aliphatic carbocycles. The average Bonchev–Trinajstić information content (AvgIpc) is 3.48. The Kier molecular flexibility index (Phi) is 6.04. The maximum atomic E-state index is 13.9. The molecule has 1 aromatic heterocycles. The topological polar surface area (TPSA) is 46.3 Å². The number of halogens is 4. The van der Waals surface area contributed by atoms with E-state index in [1.54, 1.807) is 36.1 Å². The van der Waals surface area contributed by atoms with Crippen LogP contribution in [0.15, 0.2) is 59.1 Å². The summed E-state index contributed by atoms with van der Waals surface area (Å²) in [5, 5.41) is 0. The average molecular weight is 446 g/mol. The zero-order valence-electron chi connectivity index (χ0n) is 17.4. The van der Waals surface area contributed by atoms with Crippen molar-refractivity contribution in [2.24, 2.45) is 0 Å². The molecule has 3 aromatic rings. The first-order valence-corrected chi connectivity index (χ1v) is 10.4. The lowest BCUT2D eigenvalue weighted by atomic mass is 10.0. The molecule has 1 amide bonds. The van der Waals surface area contributed by atoms with Crippen molar-refractivity contribution in [1.29, 1.82) is 0 Å². The van der Waals surface area contributed by atoms with Gasteiger partial charge in [-0.1, -0.05) is 24.3 Å². The van der Waals surface area contributed by atoms with Crippen LogP contribution in [0.3, 0.4) is 0 Å². The second-order valence-electron chi connectivity index (χ2n) is 7.93. The molecule has 0 N–H and O–H groups in total. The summed E-state index contributed by atoms with van der Waals surface area (Å²) in [6, 6.07) is 10.8. The molecule has 1 aliphatic rings. The molecule has 1 unspecified atom stereocenters. The van der Waals surface area contributed by atoms with Crippen molar-refractivity contribution >= 4 is 5.91 Å². The highest BCUT2D eigenvalue weighted by molar-refractivity contribution is 5.77. The Bertz CT molecular complexity index is 1110. The highest BCUT2D eigenvalue weighted by atomic mass is 19.4. The summed E-state index contributed by atoms with van der Waals surface area (Å²) in [5.41, 5.74) is -0.00102. The first-order valence-electron chi connectivity index (χ1n) is 10.4. The fraction of sp³-hybridized carbons (Fsp3) is 0.333. The van der Waals surface area contributed by atoms with Crippen molar-refractivity contribution in [2.45, 2.75) is 50.9 Å². The Morgan fingerprint density at radius 1 is 1.19 bits per heavy atom. The summed E-state index contributed by atoms with van der Waals surface area (Å²) in [6.45, 7) is 1.74. The van der Waals surface area contributed by atoms with Crippen LogP contribution in [0, 0.1) is 5.82 Å². The van der Waals surface area contributed by atoms with Crippen LogP contribution < -0.4 is 0 Å². The van der Waals surface area contributed by atoms with Crippen molar-refractivity contribution in [3.63, 3.8) is 0 Å². The van der Waals surface area contributed by atoms with Gasteiger partial charge in [-0.2, -0.15) is 13.2 Å². The Morgan fingerprint density at radius 2 is 1.94 bits per heavy atom. The molecule has 4 nitrogen and oxygen atoms in total. The van der Waals surface area contributed by atoms with Gasteiger partial charge in [0, 0.05) is 18.9 Å². The number of rotatable bonds is 7. The van der Waals surface area contributed by atoms with Crippen LogP contribution >= 0.6 is 0 Å². The molecule has 0 spiro atoms. The van der Waals surface area contributed by atoms with Crippen molar-refractivity contribution in [2.75, 3.05) is 0 Å². The molecular formula is C24H22F4N2O2. The van der Waals surface area contributed by atoms with Gasteiger partial charge < -0.3 is 9.32 Å². The summed E-state index contributed by atoms with van der Waals surface area (Å²) >= 11 is 0. The van der Waals surface area contributed by atoms with E-state index in [4.69, 9.17) is 4.42 Å². The number of hydrogen-bond donors (Lipinski definition) is 0. The van der Waals surface area contributed by atoms with Gasteiger partial charge in [0.1, 0.15) is 5.82 Å². The van der Waals surface area contributed by atoms with E-state index in [1.165, 1.54) is 18.3 Å². The van der Waals surface area contributed by atoms with E-state index in [0.29, 0.717) is 11.5 Å². The Labute approximate surface area is 182 Å². The van der Waals surface area contributed by atoms with Crippen molar-refractivity contribution in [3.8, 4) is 11.3 Å². The second kappa shape index (κ2) is 8.76. The van der Waals surface area contributed by atoms with Gasteiger partial charge in [0.05, 0.1) is 23.4 Å². The van der Waals surface area contributed by atoms with Gasteiger partial charge >= 0.3 is 6.18 Å². The maximum absolute atomic E-state index is 13.9. The zero-order valence-corrected chi connectivity index (χ0v) is 17.4. The Hall–Kier alpha value is -3.16. The number of aromatic nitrogens is 1. The quantitative estimate of drug-likeness (QED) is 0.407. The number of carbonyl (C=O) groups is 1. The van der Waals surface area contributed by atoms with Crippen LogP contribution in [0.4, 0.5) is 17.6 Å². The fourth-order valence-electron chi connectivity index (χ4n) is 3.78. The van der Waals surface area contributed by atoms with Gasteiger partial charge in [-0.25, -0.2) is 9.37 Å². The highest BCUT2D eigenvalue weighted by Gasteiger charge is 2.37. The molecule has 0 aliphatic heterocycles. The molecule has 32 heavy (non-hydrogen) atoms. The third-order valence-electron chi connectivity index (χ3n) is 5.59. The number of alkyl halides is 3. The second-order valence-corrected chi connectivity index (χ2v) is 7.93. The first-order chi connectivity index (χ1) is 15.2. The standard InChI is InChI=1S/C24H22F4N2O2/c1-15(16-5-4-6-17(13-16)24(26,27)28)30(18-9-10-18)23(31)12-11-22-29-14-21(32-22)19-7-2-3-8-20(19)25/h2-8,13-15,18H,9-12H2,1H3. The van der Waals surface area contributed by atoms with E-state index in [9.17, 15) is 22.4 Å². The van der Waals surface area contributed by atoms with Crippen LogP contribution in [0.5, 0.6) is 0 Å². The van der Waals surface area contributed by atoms with Crippen molar-refractivity contribution in [1.82, 2.24) is 9.88 Å². The van der Waals surface area contributed by atoms with Gasteiger partial charge in [-0.05, 0) is 49.6 Å². The van der Waals surface area contributed by atoms with E-state index in [2.05, 4.69) is 4.98 Å². The number of benzene rings is 2. The number of amides is 1. The first kappa shape index (κ1) is 22.0. The number of aryl methyl sites for hydroxylation is 1. The molecule has 0 saturated heterocycles. The maximum Gasteiger partial charge on any atom is 0.416 e. The van der Waals surface area contributed by atoms with Gasteiger partial charge in [0.25, 0.3) is 0 Å². The van der Waals surface area contributed by atoms with E-state index in [0.717, 1.165) is 25.0 Å². The van der Waals surface area contributed by atoms with E-state index < -0.39 is 23.6 Å². The minimum Gasteiger partial charge on any atom is -0.441 e. The fourth-order valence-corrected chi connectivity index (χ4v) is 3.78. The van der Waals surface area contributed by atoms with Crippen LogP contribution in [0.25, 0.3) is 11.3 Å². The molecule has 2 aromatic carbocycles. The molecule has 0 bridgehead atoms. The lowest BCUT2D eigenvalue weighted by Crippen LogP contribution is -2.35. The Morgan fingerprint density at radius 3 is 2.62 bits per heavy atom. The molecule has 1 fully saturated rings. The molecule has 0 radical (unpaired) electrons. The molecule has 1 heterocycles. The zero-order chi connectivity index (χ0) is 22.9. The van der Waals surface area contributed by atoms with Gasteiger partial charge in [-0.15, -0.1) is 0 Å². The number of hydrogen-bond acceptors (Lipinski definition) is 3. The highest BCUT2D eigenvalue weighted by Crippen LogP contribution is 2.37. The summed E-state index contributed by atoms with van der Waals surface area (Å²) in [4.78, 5) is 18.8. The summed E-state index contributed by atoms with van der Waals surface area (Å²) in [7, 11) is 0. The monoisotopic (exact) mass is 446 g/mol. The molecule has 168 valence electrons. The van der Waals surface area contributed by atoms with E-state index in [-0.39, 0.29) is 36.1 Å². The predicted molar refractivity (Wildman–Crippen MR) is 110 cm³/mol. The van der Waals surface area contributed by atoms with Crippen LogP contribution in [0.2, 0.25) is 0 Å². The lowest BCUT2D eigenvalue weighted by molar-refractivity contribution is -0.137. The van der Waals surface area contributed by atoms with Crippen molar-refractivity contribution < 1.29 is 26.8 Å². The normalized spacial score (nSPS) is 14.9. The molecule has 4 rings (SSSR count). The van der Waals surface area contributed by atoms with E-state index in [1.807, 2.05) is 0 Å². The van der Waals surface area contributed by atoms with Crippen LogP contribution in [0.1, 0.15) is 49.2 Å². The lowest BCUT2D eigenvalue weighted by Gasteiger charge is -2.30. The number of nitrogens with zero attached hydrogens (tertiary/aromatic N) is 2. The van der Waals surface area contributed by atoms with Gasteiger partial charge in [0.15, 0.2) is 11.7 Å². The van der Waals surface area contributed by atoms with Gasteiger partial charge in [0.2, 0.25) is 5.91 Å².